The fourth-order valence-corrected chi connectivity index (χ4v) is 3.20. The molecule has 0 spiro atoms. The van der Waals surface area contributed by atoms with Crippen molar-refractivity contribution < 1.29 is 0 Å². The Kier molecular flexibility index (Phi) is 4.73. The van der Waals surface area contributed by atoms with Gasteiger partial charge in [0.25, 0.3) is 0 Å². The van der Waals surface area contributed by atoms with Gasteiger partial charge in [-0.05, 0) is 44.2 Å². The lowest BCUT2D eigenvalue weighted by Gasteiger charge is -2.06. The summed E-state index contributed by atoms with van der Waals surface area (Å²) in [5, 5.41) is 8.02. The summed E-state index contributed by atoms with van der Waals surface area (Å²) in [5.41, 5.74) is 2.71. The first kappa shape index (κ1) is 15.7. The predicted molar refractivity (Wildman–Crippen MR) is 96.8 cm³/mol. The lowest BCUT2D eigenvalue weighted by molar-refractivity contribution is 1.15. The van der Waals surface area contributed by atoms with Crippen LogP contribution in [0.3, 0.4) is 0 Å². The van der Waals surface area contributed by atoms with Crippen LogP contribution < -0.4 is 10.6 Å². The van der Waals surface area contributed by atoms with Gasteiger partial charge in [-0.2, -0.15) is 0 Å². The molecule has 5 nitrogen and oxygen atoms in total. The number of nitrogens with zero attached hydrogens (tertiary/aromatic N) is 3. The minimum absolute atomic E-state index is 0.544. The third kappa shape index (κ3) is 3.78. The normalized spacial score (nSPS) is 10.6. The minimum Gasteiger partial charge on any atom is -0.362 e. The van der Waals surface area contributed by atoms with E-state index in [4.69, 9.17) is 11.6 Å². The predicted octanol–water partition coefficient (Wildman–Crippen LogP) is 4.74. The quantitative estimate of drug-likeness (QED) is 0.699. The van der Waals surface area contributed by atoms with Crippen molar-refractivity contribution in [3.63, 3.8) is 0 Å². The average molecular weight is 346 g/mol. The molecule has 7 heteroatoms. The van der Waals surface area contributed by atoms with E-state index >= 15 is 0 Å². The average Bonchev–Trinajstić information content (AvgIpc) is 2.91. The molecular weight excluding hydrogens is 330 g/mol. The highest BCUT2D eigenvalue weighted by Gasteiger charge is 2.11. The van der Waals surface area contributed by atoms with Crippen molar-refractivity contribution in [2.45, 2.75) is 13.8 Å². The lowest BCUT2D eigenvalue weighted by atomic mass is 10.3. The van der Waals surface area contributed by atoms with Crippen LogP contribution in [0.4, 0.5) is 16.8 Å². The van der Waals surface area contributed by atoms with E-state index in [2.05, 4.69) is 32.5 Å². The zero-order chi connectivity index (χ0) is 16.2. The van der Waals surface area contributed by atoms with E-state index in [0.29, 0.717) is 11.0 Å². The molecule has 0 fully saturated rings. The molecule has 2 heterocycles. The van der Waals surface area contributed by atoms with Gasteiger partial charge in [-0.15, -0.1) is 0 Å². The van der Waals surface area contributed by atoms with Gasteiger partial charge in [-0.3, -0.25) is 0 Å². The van der Waals surface area contributed by atoms with E-state index in [1.165, 1.54) is 0 Å². The second-order valence-electron chi connectivity index (χ2n) is 4.86. The zero-order valence-corrected chi connectivity index (χ0v) is 14.4. The Hall–Kier alpha value is -2.18. The molecule has 2 aromatic heterocycles. The fraction of sp³-hybridized carbons (Fsp3) is 0.188. The van der Waals surface area contributed by atoms with Crippen LogP contribution >= 0.6 is 22.9 Å². The number of aryl methyl sites for hydroxylation is 1. The monoisotopic (exact) mass is 345 g/mol. The van der Waals surface area contributed by atoms with Crippen LogP contribution in [-0.2, 0) is 0 Å². The van der Waals surface area contributed by atoms with E-state index in [9.17, 15) is 0 Å². The van der Waals surface area contributed by atoms with Crippen LogP contribution in [0.1, 0.15) is 12.6 Å². The Morgan fingerprint density at radius 3 is 2.65 bits per heavy atom. The fourth-order valence-electron chi connectivity index (χ4n) is 2.07. The summed E-state index contributed by atoms with van der Waals surface area (Å²) in [6.45, 7) is 4.88. The third-order valence-corrected chi connectivity index (χ3v) is 4.50. The van der Waals surface area contributed by atoms with Crippen LogP contribution in [0.15, 0.2) is 36.5 Å². The van der Waals surface area contributed by atoms with Gasteiger partial charge in [0.2, 0.25) is 5.95 Å². The van der Waals surface area contributed by atoms with Gasteiger partial charge < -0.3 is 10.6 Å². The zero-order valence-electron chi connectivity index (χ0n) is 12.8. The smallest absolute Gasteiger partial charge is 0.227 e. The highest BCUT2D eigenvalue weighted by Crippen LogP contribution is 2.31. The Morgan fingerprint density at radius 1 is 1.13 bits per heavy atom. The van der Waals surface area contributed by atoms with Gasteiger partial charge in [-0.25, -0.2) is 15.0 Å². The summed E-state index contributed by atoms with van der Waals surface area (Å²) in [4.78, 5) is 14.4. The summed E-state index contributed by atoms with van der Waals surface area (Å²) in [6.07, 6.45) is 1.74. The molecule has 3 rings (SSSR count). The van der Waals surface area contributed by atoms with Crippen LogP contribution in [-0.4, -0.2) is 21.5 Å². The van der Waals surface area contributed by atoms with E-state index < -0.39 is 0 Å². The number of thiazole rings is 1. The maximum atomic E-state index is 5.89. The molecular formula is C16H16ClN5S. The first-order valence-corrected chi connectivity index (χ1v) is 8.42. The molecule has 0 atom stereocenters. The number of benzene rings is 1. The van der Waals surface area contributed by atoms with Crippen LogP contribution in [0, 0.1) is 6.92 Å². The van der Waals surface area contributed by atoms with Gasteiger partial charge in [-0.1, -0.05) is 22.9 Å². The number of hydrogen-bond acceptors (Lipinski definition) is 6. The molecule has 0 aliphatic heterocycles. The Balaban J connectivity index is 1.86. The number of nitrogens with one attached hydrogen (secondary N) is 2. The molecule has 2 N–H and O–H groups in total. The SMILES string of the molecule is CCNc1nc(C)c(-c2ccnc(Nc3ccc(Cl)cc3)n2)s1. The number of halogens is 1. The van der Waals surface area contributed by atoms with Crippen LogP contribution in [0.25, 0.3) is 10.6 Å². The summed E-state index contributed by atoms with van der Waals surface area (Å²) >= 11 is 7.49. The van der Waals surface area contributed by atoms with E-state index in [1.807, 2.05) is 37.3 Å². The van der Waals surface area contributed by atoms with Gasteiger partial charge >= 0.3 is 0 Å². The number of hydrogen-bond donors (Lipinski definition) is 2. The molecule has 3 aromatic rings. The Morgan fingerprint density at radius 2 is 1.91 bits per heavy atom. The van der Waals surface area contributed by atoms with Crippen molar-refractivity contribution in [2.24, 2.45) is 0 Å². The second kappa shape index (κ2) is 6.93. The molecule has 0 saturated carbocycles. The van der Waals surface area contributed by atoms with E-state index in [-0.39, 0.29) is 0 Å². The molecule has 0 amide bonds. The van der Waals surface area contributed by atoms with Gasteiger partial charge in [0.1, 0.15) is 0 Å². The van der Waals surface area contributed by atoms with Gasteiger partial charge in [0, 0.05) is 23.5 Å². The van der Waals surface area contributed by atoms with Crippen molar-refractivity contribution in [2.75, 3.05) is 17.2 Å². The van der Waals surface area contributed by atoms with Gasteiger partial charge in [0.05, 0.1) is 16.3 Å². The minimum atomic E-state index is 0.544. The second-order valence-corrected chi connectivity index (χ2v) is 6.30. The molecule has 0 bridgehead atoms. The maximum absolute atomic E-state index is 5.89. The lowest BCUT2D eigenvalue weighted by Crippen LogP contribution is -1.97. The number of aromatic nitrogens is 3. The van der Waals surface area contributed by atoms with Crippen molar-refractivity contribution >= 4 is 39.7 Å². The molecule has 118 valence electrons. The van der Waals surface area contributed by atoms with Crippen LogP contribution in [0.2, 0.25) is 5.02 Å². The summed E-state index contributed by atoms with van der Waals surface area (Å²) in [7, 11) is 0. The molecule has 0 unspecified atom stereocenters. The maximum Gasteiger partial charge on any atom is 0.227 e. The molecule has 0 aliphatic carbocycles. The van der Waals surface area contributed by atoms with Crippen molar-refractivity contribution in [1.29, 1.82) is 0 Å². The largest absolute Gasteiger partial charge is 0.362 e. The van der Waals surface area contributed by atoms with E-state index in [1.54, 1.807) is 17.5 Å². The third-order valence-electron chi connectivity index (χ3n) is 3.11. The Labute approximate surface area is 143 Å². The standard InChI is InChI=1S/C16H16ClN5S/c1-3-18-16-20-10(2)14(23-16)13-8-9-19-15(22-13)21-12-6-4-11(17)5-7-12/h4-9H,3H2,1-2H3,(H,18,20)(H,19,21,22). The summed E-state index contributed by atoms with van der Waals surface area (Å²) in [5.74, 6) is 0.544. The first-order chi connectivity index (χ1) is 11.2. The topological polar surface area (TPSA) is 62.7 Å². The molecule has 0 radical (unpaired) electrons. The molecule has 1 aromatic carbocycles. The van der Waals surface area contributed by atoms with Crippen molar-refractivity contribution in [1.82, 2.24) is 15.0 Å². The number of rotatable bonds is 5. The van der Waals surface area contributed by atoms with Crippen molar-refractivity contribution in [3.8, 4) is 10.6 Å². The summed E-state index contributed by atoms with van der Waals surface area (Å²) in [6, 6.07) is 9.32. The molecule has 0 aliphatic rings. The molecule has 23 heavy (non-hydrogen) atoms. The summed E-state index contributed by atoms with van der Waals surface area (Å²) < 4.78 is 0. The van der Waals surface area contributed by atoms with E-state index in [0.717, 1.165) is 33.6 Å². The Bertz CT molecular complexity index is 800. The van der Waals surface area contributed by atoms with Crippen molar-refractivity contribution in [3.05, 3.63) is 47.2 Å². The molecule has 0 saturated heterocycles. The van der Waals surface area contributed by atoms with Crippen LogP contribution in [0.5, 0.6) is 0 Å². The highest BCUT2D eigenvalue weighted by atomic mass is 35.5. The number of anilines is 3. The van der Waals surface area contributed by atoms with Gasteiger partial charge in [0.15, 0.2) is 5.13 Å². The highest BCUT2D eigenvalue weighted by molar-refractivity contribution is 7.19. The first-order valence-electron chi connectivity index (χ1n) is 7.23.